The molecule has 0 saturated carbocycles. The fourth-order valence-electron chi connectivity index (χ4n) is 21.4. The van der Waals surface area contributed by atoms with Crippen LogP contribution >= 0.6 is 22.7 Å². The van der Waals surface area contributed by atoms with Crippen molar-refractivity contribution in [2.45, 2.75) is 0 Å². The molecular weight excluding hydrogens is 1720 g/mol. The van der Waals surface area contributed by atoms with E-state index < -0.39 is 0 Å². The van der Waals surface area contributed by atoms with E-state index >= 15 is 0 Å². The molecular formula is C129H76N4O3S2. The van der Waals surface area contributed by atoms with E-state index in [-0.39, 0.29) is 0 Å². The fraction of sp³-hybridized carbons (Fsp3) is 0. The van der Waals surface area contributed by atoms with Gasteiger partial charge in [-0.2, -0.15) is 0 Å². The fourth-order valence-corrected chi connectivity index (χ4v) is 23.9. The topological polar surface area (TPSA) is 83.0 Å². The summed E-state index contributed by atoms with van der Waals surface area (Å²) >= 11 is 3.75. The number of thiophene rings is 2. The Morgan fingerprint density at radius 2 is 0.667 bits per heavy atom. The second kappa shape index (κ2) is 32.0. The minimum atomic E-state index is 0.854. The lowest BCUT2D eigenvalue weighted by molar-refractivity contribution is 0.669. The summed E-state index contributed by atoms with van der Waals surface area (Å²) in [5.41, 5.74) is 27.2. The molecule has 0 spiro atoms. The maximum Gasteiger partial charge on any atom is 0.143 e. The van der Waals surface area contributed by atoms with E-state index in [1.165, 1.54) is 117 Å². The van der Waals surface area contributed by atoms with Gasteiger partial charge in [0, 0.05) is 138 Å². The van der Waals surface area contributed by atoms with Crippen LogP contribution in [0.4, 0.5) is 0 Å². The average Bonchev–Trinajstić information content (AvgIpc) is 1.56. The molecule has 9 aromatic heterocycles. The molecule has 21 aromatic carbocycles. The summed E-state index contributed by atoms with van der Waals surface area (Å²) in [5, 5.41) is 27.2. The molecule has 0 fully saturated rings. The quantitative estimate of drug-likeness (QED) is 0.143. The largest absolute Gasteiger partial charge is 0.456 e. The summed E-state index contributed by atoms with van der Waals surface area (Å²) in [5.74, 6) is 0. The maximum atomic E-state index is 6.63. The Balaban J connectivity index is 0.000000103. The van der Waals surface area contributed by atoms with Gasteiger partial charge in [0.25, 0.3) is 0 Å². The molecule has 0 bridgehead atoms. The Bertz CT molecular complexity index is 10300. The molecule has 9 heterocycles. The van der Waals surface area contributed by atoms with Gasteiger partial charge in [-0.1, -0.05) is 334 Å². The highest BCUT2D eigenvalue weighted by atomic mass is 32.1. The molecule has 0 amide bonds. The Morgan fingerprint density at radius 1 is 0.196 bits per heavy atom. The molecule has 9 heteroatoms. The molecule has 138 heavy (non-hydrogen) atoms. The number of benzene rings is 21. The summed E-state index contributed by atoms with van der Waals surface area (Å²) in [4.78, 5) is 16.2. The Morgan fingerprint density at radius 3 is 1.38 bits per heavy atom. The lowest BCUT2D eigenvalue weighted by atomic mass is 9.95. The first-order chi connectivity index (χ1) is 68.4. The molecule has 0 aliphatic rings. The second-order valence-electron chi connectivity index (χ2n) is 35.7. The number of aromatic nitrogens is 4. The summed E-state index contributed by atoms with van der Waals surface area (Å²) in [6.45, 7) is 0. The number of furan rings is 3. The van der Waals surface area contributed by atoms with E-state index in [1.807, 2.05) is 34.8 Å². The van der Waals surface area contributed by atoms with Gasteiger partial charge in [0.15, 0.2) is 0 Å². The number of nitrogens with zero attached hydrogens (tertiary/aromatic N) is 4. The molecule has 0 aliphatic heterocycles. The number of pyridine rings is 3. The van der Waals surface area contributed by atoms with Crippen LogP contribution in [0.1, 0.15) is 0 Å². The van der Waals surface area contributed by atoms with Gasteiger partial charge in [0.2, 0.25) is 0 Å². The standard InChI is InChI=1S/C49H30N2O.C43H25NOS.C37H21NOS/c1-3-12-31(13-4-1)34-17-11-18-36(28-34)51-44-21-10-9-20-38(44)41-29-35(23-26-45(41)51)43-30-42-39(48(50-43)33-15-5-2-6-16-33)25-27-46-47(42)40-24-22-32-14-7-8-19-37(32)49(40)52-46;1-2-10-26(11-3-1)36-25-37(29-14-8-13-28(24-29)31-17-9-18-34-32-16-6-7-19-39(32)46-43(31)34)44-41-33(36)22-23-38-40(41)35-21-20-27-12-4-5-15-30(27)42(35)45-38;1-2-9-23(10-3-1)36-27-17-19-34-35(28-16-14-22-8-4-5-11-25(22)37(28)40-34)30(27)21-31(38-36)24-15-18-33-29(20-24)26-12-6-7-13-32(26)39-33/h1-30H;1-25H;1-21H. The monoisotopic (exact) mass is 1790 g/mol. The molecule has 0 saturated heterocycles. The van der Waals surface area contributed by atoms with Crippen LogP contribution in [0.25, 0.3) is 288 Å². The first-order valence-electron chi connectivity index (χ1n) is 46.7. The first kappa shape index (κ1) is 78.9. The van der Waals surface area contributed by atoms with Gasteiger partial charge in [-0.15, -0.1) is 22.7 Å². The van der Waals surface area contributed by atoms with Crippen molar-refractivity contribution in [2.75, 3.05) is 0 Å². The molecule has 0 N–H and O–H groups in total. The molecule has 642 valence electrons. The summed E-state index contributed by atoms with van der Waals surface area (Å²) < 4.78 is 27.0. The number of fused-ring (bicyclic) bond motifs is 30. The molecule has 30 aromatic rings. The van der Waals surface area contributed by atoms with Gasteiger partial charge in [-0.3, -0.25) is 0 Å². The van der Waals surface area contributed by atoms with E-state index in [1.54, 1.807) is 0 Å². The zero-order valence-electron chi connectivity index (χ0n) is 74.2. The van der Waals surface area contributed by atoms with Crippen molar-refractivity contribution >= 4 is 215 Å². The summed E-state index contributed by atoms with van der Waals surface area (Å²) in [7, 11) is 0. The van der Waals surface area contributed by atoms with Crippen LogP contribution < -0.4 is 0 Å². The highest BCUT2D eigenvalue weighted by molar-refractivity contribution is 7.27. The van der Waals surface area contributed by atoms with Crippen molar-refractivity contribution in [1.82, 2.24) is 19.5 Å². The normalized spacial score (nSPS) is 11.9. The highest BCUT2D eigenvalue weighted by Crippen LogP contribution is 2.50. The minimum Gasteiger partial charge on any atom is -0.456 e. The minimum absolute atomic E-state index is 0.854. The number of rotatable bonds is 9. The third-order valence-corrected chi connectivity index (χ3v) is 30.3. The summed E-state index contributed by atoms with van der Waals surface area (Å²) in [6, 6.07) is 164. The van der Waals surface area contributed by atoms with Crippen LogP contribution in [0.3, 0.4) is 0 Å². The van der Waals surface area contributed by atoms with E-state index in [0.717, 1.165) is 171 Å². The average molecular weight is 1790 g/mol. The molecule has 0 aliphatic carbocycles. The van der Waals surface area contributed by atoms with E-state index in [2.05, 4.69) is 453 Å². The number of hydrogen-bond donors (Lipinski definition) is 0. The first-order valence-corrected chi connectivity index (χ1v) is 48.4. The van der Waals surface area contributed by atoms with E-state index in [0.29, 0.717) is 0 Å². The molecule has 0 radical (unpaired) electrons. The lowest BCUT2D eigenvalue weighted by Gasteiger charge is -2.12. The Hall–Kier alpha value is -17.7. The van der Waals surface area contributed by atoms with Crippen LogP contribution in [-0.4, -0.2) is 19.5 Å². The van der Waals surface area contributed by atoms with Crippen molar-refractivity contribution in [1.29, 1.82) is 0 Å². The van der Waals surface area contributed by atoms with Crippen LogP contribution in [0.15, 0.2) is 474 Å². The second-order valence-corrected chi connectivity index (χ2v) is 37.8. The summed E-state index contributed by atoms with van der Waals surface area (Å²) in [6.07, 6.45) is 0. The van der Waals surface area contributed by atoms with Gasteiger partial charge in [0.1, 0.15) is 33.5 Å². The molecule has 7 nitrogen and oxygen atoms in total. The predicted molar refractivity (Wildman–Crippen MR) is 583 cm³/mol. The molecule has 30 rings (SSSR count). The van der Waals surface area contributed by atoms with Crippen molar-refractivity contribution in [2.24, 2.45) is 0 Å². The third kappa shape index (κ3) is 13.0. The molecule has 0 atom stereocenters. The van der Waals surface area contributed by atoms with E-state index in [4.69, 9.17) is 28.2 Å². The van der Waals surface area contributed by atoms with Crippen LogP contribution in [0.5, 0.6) is 0 Å². The predicted octanol–water partition coefficient (Wildman–Crippen LogP) is 37.0. The van der Waals surface area contributed by atoms with Gasteiger partial charge >= 0.3 is 0 Å². The highest BCUT2D eigenvalue weighted by Gasteiger charge is 2.25. The number of para-hydroxylation sites is 2. The maximum absolute atomic E-state index is 6.63. The van der Waals surface area contributed by atoms with Gasteiger partial charge in [-0.05, 0) is 193 Å². The molecule has 0 unspecified atom stereocenters. The zero-order chi connectivity index (χ0) is 90.6. The van der Waals surface area contributed by atoms with Crippen molar-refractivity contribution in [3.05, 3.63) is 461 Å². The van der Waals surface area contributed by atoms with Crippen molar-refractivity contribution in [3.8, 4) is 95.4 Å². The van der Waals surface area contributed by atoms with Gasteiger partial charge in [0.05, 0.1) is 50.4 Å². The zero-order valence-corrected chi connectivity index (χ0v) is 75.8. The van der Waals surface area contributed by atoms with Gasteiger partial charge < -0.3 is 17.8 Å². The lowest BCUT2D eigenvalue weighted by Crippen LogP contribution is -1.94. The van der Waals surface area contributed by atoms with Crippen LogP contribution in [0, 0.1) is 0 Å². The smallest absolute Gasteiger partial charge is 0.143 e. The SMILES string of the molecule is c1ccc(-c2cc(-c3cccc(-c4cccc5c4sc4ccccc45)c3)nc3c2ccc2oc4c5ccccc5ccc4c23)cc1.c1ccc(-c2cccc(-n3c4ccccc4c4cc(-c5cc6c(ccc7oc8c9ccccc9ccc8c76)c(-c6ccccc6)n5)ccc43)c2)cc1.c1ccc(-c2nc(-c3ccc4oc5ccccc5c4c3)cc3c2ccc2sc4c5ccccc5ccc4c23)cc1. The number of hydrogen-bond acceptors (Lipinski definition) is 8. The Kier molecular flexibility index (Phi) is 18.3. The van der Waals surface area contributed by atoms with Gasteiger partial charge in [-0.25, -0.2) is 15.0 Å². The van der Waals surface area contributed by atoms with Crippen LogP contribution in [0.2, 0.25) is 0 Å². The van der Waals surface area contributed by atoms with Crippen molar-refractivity contribution < 1.29 is 13.3 Å². The van der Waals surface area contributed by atoms with Crippen molar-refractivity contribution in [3.63, 3.8) is 0 Å². The third-order valence-electron chi connectivity index (χ3n) is 27.9. The Labute approximate surface area is 798 Å². The van der Waals surface area contributed by atoms with Crippen LogP contribution in [-0.2, 0) is 0 Å². The van der Waals surface area contributed by atoms with E-state index in [9.17, 15) is 0 Å².